The van der Waals surface area contributed by atoms with Crippen molar-refractivity contribution in [3.05, 3.63) is 28.0 Å². The standard InChI is InChI=1S/C14H20Cl2N2/c1-10-3-5-12(6-4-10)18(2)9-11-8-17-14(16)7-13(11)15/h7-8,10,12H,3-6,9H2,1-2H3. The van der Waals surface area contributed by atoms with E-state index < -0.39 is 0 Å². The fourth-order valence-electron chi connectivity index (χ4n) is 2.63. The third-order valence-electron chi connectivity index (χ3n) is 3.92. The Hall–Kier alpha value is -0.310. The van der Waals surface area contributed by atoms with Crippen LogP contribution in [-0.4, -0.2) is 23.0 Å². The van der Waals surface area contributed by atoms with E-state index in [1.54, 1.807) is 12.3 Å². The van der Waals surface area contributed by atoms with E-state index in [1.807, 2.05) is 0 Å². The van der Waals surface area contributed by atoms with Crippen LogP contribution < -0.4 is 0 Å². The van der Waals surface area contributed by atoms with Gasteiger partial charge in [0.25, 0.3) is 0 Å². The minimum atomic E-state index is 0.456. The van der Waals surface area contributed by atoms with Crippen LogP contribution in [-0.2, 0) is 6.54 Å². The van der Waals surface area contributed by atoms with Gasteiger partial charge in [0.05, 0.1) is 0 Å². The molecule has 1 fully saturated rings. The molecule has 0 amide bonds. The number of nitrogens with zero attached hydrogens (tertiary/aromatic N) is 2. The molecule has 1 saturated carbocycles. The quantitative estimate of drug-likeness (QED) is 0.766. The average molecular weight is 287 g/mol. The van der Waals surface area contributed by atoms with Gasteiger partial charge in [0.1, 0.15) is 5.15 Å². The Kier molecular flexibility index (Phi) is 4.88. The lowest BCUT2D eigenvalue weighted by Gasteiger charge is -2.33. The van der Waals surface area contributed by atoms with Gasteiger partial charge in [-0.15, -0.1) is 0 Å². The van der Waals surface area contributed by atoms with E-state index >= 15 is 0 Å². The van der Waals surface area contributed by atoms with Gasteiger partial charge in [-0.3, -0.25) is 4.90 Å². The van der Waals surface area contributed by atoms with Crippen LogP contribution in [0.3, 0.4) is 0 Å². The van der Waals surface area contributed by atoms with Crippen molar-refractivity contribution in [2.24, 2.45) is 5.92 Å². The number of pyridine rings is 1. The Morgan fingerprint density at radius 1 is 1.28 bits per heavy atom. The lowest BCUT2D eigenvalue weighted by atomic mass is 9.86. The lowest BCUT2D eigenvalue weighted by molar-refractivity contribution is 0.164. The minimum absolute atomic E-state index is 0.456. The number of halogens is 2. The molecule has 2 rings (SSSR count). The summed E-state index contributed by atoms with van der Waals surface area (Å²) in [6, 6.07) is 2.39. The minimum Gasteiger partial charge on any atom is -0.299 e. The smallest absolute Gasteiger partial charge is 0.130 e. The Morgan fingerprint density at radius 3 is 2.56 bits per heavy atom. The van der Waals surface area contributed by atoms with E-state index in [9.17, 15) is 0 Å². The summed E-state index contributed by atoms with van der Waals surface area (Å²) < 4.78 is 0. The third-order valence-corrected chi connectivity index (χ3v) is 4.48. The molecule has 0 spiro atoms. The van der Waals surface area contributed by atoms with Crippen LogP contribution in [0.2, 0.25) is 10.2 Å². The monoisotopic (exact) mass is 286 g/mol. The molecule has 4 heteroatoms. The summed E-state index contributed by atoms with van der Waals surface area (Å²) in [7, 11) is 2.17. The van der Waals surface area contributed by atoms with Crippen molar-refractivity contribution in [3.63, 3.8) is 0 Å². The van der Waals surface area contributed by atoms with E-state index in [0.717, 1.165) is 18.0 Å². The predicted octanol–water partition coefficient (Wildman–Crippen LogP) is 4.40. The molecule has 0 unspecified atom stereocenters. The van der Waals surface area contributed by atoms with Crippen LogP contribution in [0.5, 0.6) is 0 Å². The molecule has 0 N–H and O–H groups in total. The SMILES string of the molecule is CC1CCC(N(C)Cc2cnc(Cl)cc2Cl)CC1. The van der Waals surface area contributed by atoms with E-state index in [1.165, 1.54) is 25.7 Å². The lowest BCUT2D eigenvalue weighted by Crippen LogP contribution is -2.34. The van der Waals surface area contributed by atoms with Gasteiger partial charge in [0, 0.05) is 29.4 Å². The number of rotatable bonds is 3. The van der Waals surface area contributed by atoms with Crippen LogP contribution in [0.4, 0.5) is 0 Å². The molecule has 1 aromatic heterocycles. The second-order valence-corrected chi connectivity index (χ2v) is 6.22. The maximum atomic E-state index is 6.18. The molecule has 0 aliphatic heterocycles. The van der Waals surface area contributed by atoms with Crippen molar-refractivity contribution in [2.75, 3.05) is 7.05 Å². The van der Waals surface area contributed by atoms with Crippen molar-refractivity contribution < 1.29 is 0 Å². The van der Waals surface area contributed by atoms with E-state index in [2.05, 4.69) is 23.9 Å². The molecule has 0 atom stereocenters. The molecular weight excluding hydrogens is 267 g/mol. The molecule has 0 saturated heterocycles. The number of aromatic nitrogens is 1. The molecule has 100 valence electrons. The summed E-state index contributed by atoms with van der Waals surface area (Å²) in [6.07, 6.45) is 7.03. The van der Waals surface area contributed by atoms with Gasteiger partial charge < -0.3 is 0 Å². The predicted molar refractivity (Wildman–Crippen MR) is 77.1 cm³/mol. The first-order valence-corrected chi connectivity index (χ1v) is 7.32. The molecule has 1 aliphatic carbocycles. The van der Waals surface area contributed by atoms with Crippen molar-refractivity contribution in [2.45, 2.75) is 45.2 Å². The normalized spacial score (nSPS) is 24.5. The highest BCUT2D eigenvalue weighted by atomic mass is 35.5. The summed E-state index contributed by atoms with van der Waals surface area (Å²) in [5.41, 5.74) is 1.06. The summed E-state index contributed by atoms with van der Waals surface area (Å²) >= 11 is 12.0. The zero-order valence-electron chi connectivity index (χ0n) is 11.0. The van der Waals surface area contributed by atoms with E-state index in [4.69, 9.17) is 23.2 Å². The van der Waals surface area contributed by atoms with Crippen LogP contribution in [0.1, 0.15) is 38.2 Å². The van der Waals surface area contributed by atoms with Crippen molar-refractivity contribution in [3.8, 4) is 0 Å². The zero-order chi connectivity index (χ0) is 13.1. The van der Waals surface area contributed by atoms with Gasteiger partial charge in [0.15, 0.2) is 0 Å². The third kappa shape index (κ3) is 3.59. The van der Waals surface area contributed by atoms with Crippen LogP contribution in [0.25, 0.3) is 0 Å². The van der Waals surface area contributed by atoms with Gasteiger partial charge >= 0.3 is 0 Å². The van der Waals surface area contributed by atoms with Gasteiger partial charge in [0.2, 0.25) is 0 Å². The number of hydrogen-bond donors (Lipinski definition) is 0. The van der Waals surface area contributed by atoms with Gasteiger partial charge in [-0.25, -0.2) is 4.98 Å². The Bertz CT molecular complexity index is 401. The summed E-state index contributed by atoms with van der Waals surface area (Å²) in [4.78, 5) is 6.50. The Balaban J connectivity index is 1.96. The Morgan fingerprint density at radius 2 is 1.94 bits per heavy atom. The first-order valence-electron chi connectivity index (χ1n) is 6.56. The van der Waals surface area contributed by atoms with Crippen molar-refractivity contribution in [1.82, 2.24) is 9.88 Å². The summed E-state index contributed by atoms with van der Waals surface area (Å²) in [6.45, 7) is 3.19. The van der Waals surface area contributed by atoms with Gasteiger partial charge in [-0.2, -0.15) is 0 Å². The fraction of sp³-hybridized carbons (Fsp3) is 0.643. The van der Waals surface area contributed by atoms with Crippen LogP contribution in [0.15, 0.2) is 12.3 Å². The average Bonchev–Trinajstić information content (AvgIpc) is 2.33. The van der Waals surface area contributed by atoms with Gasteiger partial charge in [-0.05, 0) is 44.7 Å². The summed E-state index contributed by atoms with van der Waals surface area (Å²) in [5, 5.41) is 1.17. The molecule has 18 heavy (non-hydrogen) atoms. The first kappa shape index (κ1) is 14.1. The highest BCUT2D eigenvalue weighted by Crippen LogP contribution is 2.28. The fourth-order valence-corrected chi connectivity index (χ4v) is 3.06. The van der Waals surface area contributed by atoms with Crippen LogP contribution >= 0.6 is 23.2 Å². The zero-order valence-corrected chi connectivity index (χ0v) is 12.5. The van der Waals surface area contributed by atoms with Crippen molar-refractivity contribution >= 4 is 23.2 Å². The summed E-state index contributed by atoms with van der Waals surface area (Å²) in [5.74, 6) is 0.885. The highest BCUT2D eigenvalue weighted by Gasteiger charge is 2.22. The maximum Gasteiger partial charge on any atom is 0.130 e. The maximum absolute atomic E-state index is 6.18. The molecule has 0 aromatic carbocycles. The van der Waals surface area contributed by atoms with Crippen LogP contribution in [0, 0.1) is 5.92 Å². The highest BCUT2D eigenvalue weighted by molar-refractivity contribution is 6.34. The van der Waals surface area contributed by atoms with E-state index in [0.29, 0.717) is 16.2 Å². The van der Waals surface area contributed by atoms with E-state index in [-0.39, 0.29) is 0 Å². The van der Waals surface area contributed by atoms with Crippen molar-refractivity contribution in [1.29, 1.82) is 0 Å². The molecule has 1 aromatic rings. The molecule has 0 bridgehead atoms. The van der Waals surface area contributed by atoms with Gasteiger partial charge in [-0.1, -0.05) is 30.1 Å². The molecule has 0 radical (unpaired) electrons. The second-order valence-electron chi connectivity index (χ2n) is 5.43. The molecule has 2 nitrogen and oxygen atoms in total. The number of hydrogen-bond acceptors (Lipinski definition) is 2. The topological polar surface area (TPSA) is 16.1 Å². The molecular formula is C14H20Cl2N2. The first-order chi connectivity index (χ1) is 8.56. The second kappa shape index (κ2) is 6.23. The molecule has 1 heterocycles. The molecule has 1 aliphatic rings. The largest absolute Gasteiger partial charge is 0.299 e. The Labute approximate surface area is 119 Å².